The van der Waals surface area contributed by atoms with Crippen molar-refractivity contribution in [1.29, 1.82) is 0 Å². The molecule has 4 nitrogen and oxygen atoms in total. The van der Waals surface area contributed by atoms with E-state index in [1.807, 2.05) is 0 Å². The molecule has 0 aromatic heterocycles. The number of rotatable bonds is 2. The third kappa shape index (κ3) is 1.97. The quantitative estimate of drug-likeness (QED) is 0.712. The van der Waals surface area contributed by atoms with Gasteiger partial charge in [-0.1, -0.05) is 11.6 Å². The van der Waals surface area contributed by atoms with Crippen molar-refractivity contribution in [1.82, 2.24) is 10.6 Å². The van der Waals surface area contributed by atoms with Gasteiger partial charge in [-0.25, -0.2) is 4.99 Å². The Kier molecular flexibility index (Phi) is 3.22. The first-order chi connectivity index (χ1) is 6.14. The van der Waals surface area contributed by atoms with Crippen LogP contribution in [0.15, 0.2) is 16.2 Å². The van der Waals surface area contributed by atoms with Gasteiger partial charge in [0.25, 0.3) is 10.9 Å². The van der Waals surface area contributed by atoms with Crippen LogP contribution in [0.5, 0.6) is 0 Å². The number of amides is 1. The molecule has 6 heteroatoms. The molecule has 1 unspecified atom stereocenters. The number of hydrogen-bond acceptors (Lipinski definition) is 4. The molecule has 0 radical (unpaired) electrons. The van der Waals surface area contributed by atoms with E-state index in [0.29, 0.717) is 5.03 Å². The van der Waals surface area contributed by atoms with Crippen LogP contribution in [0.25, 0.3) is 0 Å². The number of carbonyl (C=O) groups excluding carboxylic acids is 1. The molecular weight excluding hydrogens is 210 g/mol. The first-order valence-electron chi connectivity index (χ1n) is 3.60. The van der Waals surface area contributed by atoms with E-state index >= 15 is 0 Å². The molecular formula is C7H10ClN3OS. The summed E-state index contributed by atoms with van der Waals surface area (Å²) in [5, 5.41) is 5.85. The summed E-state index contributed by atoms with van der Waals surface area (Å²) in [6, 6.07) is 0. The van der Waals surface area contributed by atoms with Gasteiger partial charge >= 0.3 is 0 Å². The van der Waals surface area contributed by atoms with Gasteiger partial charge in [0.2, 0.25) is 0 Å². The Morgan fingerprint density at radius 1 is 1.85 bits per heavy atom. The highest BCUT2D eigenvalue weighted by Crippen LogP contribution is 2.24. The Hall–Kier alpha value is -0.680. The molecule has 1 aliphatic heterocycles. The summed E-state index contributed by atoms with van der Waals surface area (Å²) in [5.41, 5.74) is 0. The van der Waals surface area contributed by atoms with Crippen molar-refractivity contribution in [2.75, 3.05) is 13.3 Å². The largest absolute Gasteiger partial charge is 0.355 e. The van der Waals surface area contributed by atoms with Gasteiger partial charge < -0.3 is 10.6 Å². The Labute approximate surface area is 85.8 Å². The van der Waals surface area contributed by atoms with Crippen molar-refractivity contribution in [3.8, 4) is 0 Å². The van der Waals surface area contributed by atoms with Gasteiger partial charge in [0.05, 0.1) is 5.03 Å². The van der Waals surface area contributed by atoms with Gasteiger partial charge in [-0.15, -0.1) is 11.8 Å². The first-order valence-corrected chi connectivity index (χ1v) is 5.21. The minimum Gasteiger partial charge on any atom is -0.355 e. The average Bonchev–Trinajstić information content (AvgIpc) is 2.18. The Bertz CT molecular complexity index is 279. The van der Waals surface area contributed by atoms with E-state index in [9.17, 15) is 4.79 Å². The molecule has 0 aromatic carbocycles. The van der Waals surface area contributed by atoms with Gasteiger partial charge in [0, 0.05) is 19.5 Å². The molecule has 1 amide bonds. The smallest absolute Gasteiger partial charge is 0.279 e. The van der Waals surface area contributed by atoms with Crippen LogP contribution in [-0.4, -0.2) is 30.4 Å². The van der Waals surface area contributed by atoms with E-state index in [2.05, 4.69) is 15.6 Å². The van der Waals surface area contributed by atoms with Crippen molar-refractivity contribution in [2.24, 2.45) is 4.99 Å². The Balaban J connectivity index is 2.86. The SMILES string of the molecule is CNC(=O)C1(SC)N=CC(Cl)=CN1. The molecule has 1 rings (SSSR count). The fourth-order valence-electron chi connectivity index (χ4n) is 0.892. The Morgan fingerprint density at radius 2 is 2.54 bits per heavy atom. The standard InChI is InChI=1S/C7H10ClN3OS/c1-9-6(12)7(13-2)10-3-5(8)4-11-7/h3-4,10H,1-2H3,(H,9,12). The van der Waals surface area contributed by atoms with Crippen LogP contribution in [-0.2, 0) is 4.79 Å². The van der Waals surface area contributed by atoms with Gasteiger partial charge in [0.1, 0.15) is 0 Å². The number of hydrogen-bond donors (Lipinski definition) is 2. The molecule has 0 spiro atoms. The molecule has 2 N–H and O–H groups in total. The van der Waals surface area contributed by atoms with Crippen LogP contribution < -0.4 is 10.6 Å². The summed E-state index contributed by atoms with van der Waals surface area (Å²) in [6.07, 6.45) is 4.82. The lowest BCUT2D eigenvalue weighted by Gasteiger charge is -2.28. The van der Waals surface area contributed by atoms with E-state index in [4.69, 9.17) is 11.6 Å². The second-order valence-electron chi connectivity index (χ2n) is 2.36. The average molecular weight is 220 g/mol. The van der Waals surface area contributed by atoms with Crippen LogP contribution in [0.2, 0.25) is 0 Å². The molecule has 72 valence electrons. The molecule has 1 aliphatic rings. The summed E-state index contributed by atoms with van der Waals surface area (Å²) >= 11 is 6.96. The molecule has 0 aromatic rings. The van der Waals surface area contributed by atoms with Gasteiger partial charge in [0.15, 0.2) is 0 Å². The van der Waals surface area contributed by atoms with E-state index in [-0.39, 0.29) is 5.91 Å². The minimum absolute atomic E-state index is 0.198. The highest BCUT2D eigenvalue weighted by molar-refractivity contribution is 8.00. The molecule has 0 fully saturated rings. The lowest BCUT2D eigenvalue weighted by molar-refractivity contribution is -0.123. The predicted molar refractivity (Wildman–Crippen MR) is 55.9 cm³/mol. The maximum absolute atomic E-state index is 11.4. The number of likely N-dealkylation sites (N-methyl/N-ethyl adjacent to an activating group) is 1. The third-order valence-corrected chi connectivity index (χ3v) is 2.81. The molecule has 0 saturated heterocycles. The number of carbonyl (C=O) groups is 1. The zero-order chi connectivity index (χ0) is 9.90. The molecule has 1 heterocycles. The van der Waals surface area contributed by atoms with E-state index < -0.39 is 4.99 Å². The molecule has 0 bridgehead atoms. The van der Waals surface area contributed by atoms with E-state index in [1.165, 1.54) is 18.0 Å². The van der Waals surface area contributed by atoms with E-state index in [1.54, 1.807) is 19.5 Å². The number of halogens is 1. The highest BCUT2D eigenvalue weighted by Gasteiger charge is 2.36. The van der Waals surface area contributed by atoms with Crippen molar-refractivity contribution in [3.63, 3.8) is 0 Å². The fraction of sp³-hybridized carbons (Fsp3) is 0.429. The van der Waals surface area contributed by atoms with Crippen LogP contribution in [0.3, 0.4) is 0 Å². The lowest BCUT2D eigenvalue weighted by atomic mass is 10.4. The number of aliphatic imine (C=N–C) groups is 1. The summed E-state index contributed by atoms with van der Waals surface area (Å²) in [7, 11) is 1.57. The van der Waals surface area contributed by atoms with Crippen molar-refractivity contribution >= 4 is 35.5 Å². The summed E-state index contributed by atoms with van der Waals surface area (Å²) in [6.45, 7) is 0. The predicted octanol–water partition coefficient (Wildman–Crippen LogP) is 0.503. The van der Waals surface area contributed by atoms with Crippen LogP contribution in [0.1, 0.15) is 0 Å². The van der Waals surface area contributed by atoms with Crippen LogP contribution in [0, 0.1) is 0 Å². The van der Waals surface area contributed by atoms with Gasteiger partial charge in [-0.05, 0) is 6.26 Å². The van der Waals surface area contributed by atoms with Crippen LogP contribution >= 0.6 is 23.4 Å². The number of thioether (sulfide) groups is 1. The Morgan fingerprint density at radius 3 is 2.92 bits per heavy atom. The van der Waals surface area contributed by atoms with Crippen molar-refractivity contribution in [2.45, 2.75) is 4.99 Å². The first kappa shape index (κ1) is 10.4. The second-order valence-corrected chi connectivity index (χ2v) is 3.79. The third-order valence-electron chi connectivity index (χ3n) is 1.61. The zero-order valence-corrected chi connectivity index (χ0v) is 8.87. The molecule has 0 aliphatic carbocycles. The normalized spacial score (nSPS) is 26.2. The lowest BCUT2D eigenvalue weighted by Crippen LogP contribution is -2.51. The monoisotopic (exact) mass is 219 g/mol. The summed E-state index contributed by atoms with van der Waals surface area (Å²) < 4.78 is 0. The second kappa shape index (κ2) is 4.02. The minimum atomic E-state index is -0.965. The van der Waals surface area contributed by atoms with E-state index in [0.717, 1.165) is 0 Å². The number of nitrogens with zero attached hydrogens (tertiary/aromatic N) is 1. The summed E-state index contributed by atoms with van der Waals surface area (Å²) in [4.78, 5) is 14.5. The van der Waals surface area contributed by atoms with Crippen molar-refractivity contribution < 1.29 is 4.79 Å². The van der Waals surface area contributed by atoms with Gasteiger partial charge in [-0.3, -0.25) is 4.79 Å². The topological polar surface area (TPSA) is 53.5 Å². The van der Waals surface area contributed by atoms with Gasteiger partial charge in [-0.2, -0.15) is 0 Å². The molecule has 13 heavy (non-hydrogen) atoms. The van der Waals surface area contributed by atoms with Crippen molar-refractivity contribution in [3.05, 3.63) is 11.2 Å². The number of nitrogens with one attached hydrogen (secondary N) is 2. The number of allylic oxidation sites excluding steroid dienone is 1. The molecule has 1 atom stereocenters. The highest BCUT2D eigenvalue weighted by atomic mass is 35.5. The fourth-order valence-corrected chi connectivity index (χ4v) is 1.62. The zero-order valence-electron chi connectivity index (χ0n) is 7.30. The summed E-state index contributed by atoms with van der Waals surface area (Å²) in [5.74, 6) is -0.198. The van der Waals surface area contributed by atoms with Crippen LogP contribution in [0.4, 0.5) is 0 Å². The maximum Gasteiger partial charge on any atom is 0.279 e. The molecule has 0 saturated carbocycles. The maximum atomic E-state index is 11.4.